The normalized spacial score (nSPS) is 19.5. The van der Waals surface area contributed by atoms with Crippen molar-refractivity contribution in [1.29, 1.82) is 0 Å². The molecule has 0 radical (unpaired) electrons. The highest BCUT2D eigenvalue weighted by Gasteiger charge is 2.32. The largest absolute Gasteiger partial charge is 0.477 e. The second-order valence-corrected chi connectivity index (χ2v) is 5.87. The van der Waals surface area contributed by atoms with Crippen LogP contribution in [0.4, 0.5) is 0 Å². The van der Waals surface area contributed by atoms with Crippen LogP contribution in [0.25, 0.3) is 0 Å². The first-order valence-electron chi connectivity index (χ1n) is 4.68. The molecule has 0 bridgehead atoms. The van der Waals surface area contributed by atoms with Crippen molar-refractivity contribution >= 4 is 40.9 Å². The Kier molecular flexibility index (Phi) is 3.16. The van der Waals surface area contributed by atoms with Gasteiger partial charge in [-0.25, -0.2) is 9.78 Å². The summed E-state index contributed by atoms with van der Waals surface area (Å²) in [5.41, 5.74) is 0.426. The summed E-state index contributed by atoms with van der Waals surface area (Å²) in [5, 5.41) is 10.5. The maximum absolute atomic E-state index is 11.3. The van der Waals surface area contributed by atoms with Crippen molar-refractivity contribution in [2.24, 2.45) is 0 Å². The summed E-state index contributed by atoms with van der Waals surface area (Å²) in [6, 6.07) is 0. The number of amides is 2. The maximum atomic E-state index is 11.3. The molecule has 17 heavy (non-hydrogen) atoms. The van der Waals surface area contributed by atoms with E-state index in [0.717, 1.165) is 23.1 Å². The van der Waals surface area contributed by atoms with E-state index < -0.39 is 11.2 Å². The summed E-state index contributed by atoms with van der Waals surface area (Å²) in [5.74, 6) is -1.68. The van der Waals surface area contributed by atoms with Crippen molar-refractivity contribution in [3.05, 3.63) is 10.6 Å². The Morgan fingerprint density at radius 2 is 2.29 bits per heavy atom. The van der Waals surface area contributed by atoms with Crippen LogP contribution in [0.15, 0.2) is 4.34 Å². The monoisotopic (exact) mass is 272 g/mol. The summed E-state index contributed by atoms with van der Waals surface area (Å²) >= 11 is 2.15. The molecule has 6 nitrogen and oxygen atoms in total. The number of carboxylic acids is 1. The van der Waals surface area contributed by atoms with Gasteiger partial charge in [0.05, 0.1) is 10.9 Å². The van der Waals surface area contributed by atoms with Gasteiger partial charge in [0.1, 0.15) is 4.88 Å². The van der Waals surface area contributed by atoms with E-state index in [-0.39, 0.29) is 23.1 Å². The molecule has 0 saturated carbocycles. The summed E-state index contributed by atoms with van der Waals surface area (Å²) in [7, 11) is 0. The number of aromatic carboxylic acids is 1. The van der Waals surface area contributed by atoms with Crippen molar-refractivity contribution in [3.63, 3.8) is 0 Å². The van der Waals surface area contributed by atoms with E-state index in [0.29, 0.717) is 10.0 Å². The number of carboxylic acid groups (broad SMARTS) is 1. The van der Waals surface area contributed by atoms with Gasteiger partial charge in [-0.15, -0.1) is 11.3 Å². The number of carbonyl (C=O) groups is 3. The smallest absolute Gasteiger partial charge is 0.347 e. The second-order valence-electron chi connectivity index (χ2n) is 3.42. The van der Waals surface area contributed by atoms with Crippen molar-refractivity contribution < 1.29 is 19.5 Å². The first-order valence-corrected chi connectivity index (χ1v) is 6.38. The molecule has 1 aliphatic rings. The van der Waals surface area contributed by atoms with Crippen LogP contribution in [0.2, 0.25) is 0 Å². The Bertz CT molecular complexity index is 511. The molecule has 2 amide bonds. The summed E-state index contributed by atoms with van der Waals surface area (Å²) in [4.78, 5) is 37.3. The van der Waals surface area contributed by atoms with Crippen LogP contribution in [0.5, 0.6) is 0 Å². The molecule has 0 spiro atoms. The number of carbonyl (C=O) groups excluding carboxylic acids is 2. The number of thiazole rings is 1. The Hall–Kier alpha value is -1.41. The molecule has 2 N–H and O–H groups in total. The van der Waals surface area contributed by atoms with Crippen molar-refractivity contribution in [2.45, 2.75) is 22.9 Å². The lowest BCUT2D eigenvalue weighted by Gasteiger charge is -2.00. The molecule has 2 heterocycles. The molecule has 1 aromatic rings. The van der Waals surface area contributed by atoms with Gasteiger partial charge in [0.15, 0.2) is 4.34 Å². The summed E-state index contributed by atoms with van der Waals surface area (Å²) in [6.07, 6.45) is 0.116. The topological polar surface area (TPSA) is 96.4 Å². The first kappa shape index (κ1) is 12.1. The van der Waals surface area contributed by atoms with Crippen molar-refractivity contribution in [1.82, 2.24) is 10.3 Å². The average Bonchev–Trinajstić information content (AvgIpc) is 2.71. The molecule has 2 rings (SSSR count). The lowest BCUT2D eigenvalue weighted by molar-refractivity contribution is -0.124. The Balaban J connectivity index is 2.14. The Labute approximate surface area is 104 Å². The van der Waals surface area contributed by atoms with E-state index in [1.54, 1.807) is 6.92 Å². The molecule has 90 valence electrons. The predicted octanol–water partition coefficient (Wildman–Crippen LogP) is 0.657. The van der Waals surface area contributed by atoms with Gasteiger partial charge in [-0.3, -0.25) is 14.9 Å². The van der Waals surface area contributed by atoms with Gasteiger partial charge in [-0.1, -0.05) is 11.8 Å². The van der Waals surface area contributed by atoms with Gasteiger partial charge in [0, 0.05) is 6.42 Å². The molecule has 1 unspecified atom stereocenters. The SMILES string of the molecule is Cc1nc(SC2CC(=O)NC2=O)sc1C(=O)O. The van der Waals surface area contributed by atoms with Gasteiger partial charge in [-0.05, 0) is 6.92 Å². The quantitative estimate of drug-likeness (QED) is 0.784. The van der Waals surface area contributed by atoms with E-state index in [1.165, 1.54) is 0 Å². The third kappa shape index (κ3) is 2.47. The van der Waals surface area contributed by atoms with Crippen LogP contribution < -0.4 is 5.32 Å². The molecular weight excluding hydrogens is 264 g/mol. The van der Waals surface area contributed by atoms with Crippen LogP contribution in [-0.4, -0.2) is 33.1 Å². The molecule has 0 aromatic carbocycles. The molecule has 1 saturated heterocycles. The van der Waals surface area contributed by atoms with Gasteiger partial charge >= 0.3 is 5.97 Å². The van der Waals surface area contributed by atoms with E-state index in [2.05, 4.69) is 10.3 Å². The Morgan fingerprint density at radius 1 is 1.59 bits per heavy atom. The second kappa shape index (κ2) is 4.46. The number of imide groups is 1. The van der Waals surface area contributed by atoms with E-state index in [9.17, 15) is 14.4 Å². The van der Waals surface area contributed by atoms with Gasteiger partial charge < -0.3 is 5.11 Å². The molecule has 0 aliphatic carbocycles. The van der Waals surface area contributed by atoms with Crippen molar-refractivity contribution in [3.8, 4) is 0 Å². The van der Waals surface area contributed by atoms with Crippen molar-refractivity contribution in [2.75, 3.05) is 0 Å². The number of rotatable bonds is 3. The third-order valence-corrected chi connectivity index (χ3v) is 4.58. The zero-order valence-corrected chi connectivity index (χ0v) is 10.4. The highest BCUT2D eigenvalue weighted by atomic mass is 32.2. The number of aromatic nitrogens is 1. The zero-order chi connectivity index (χ0) is 12.6. The fraction of sp³-hybridized carbons (Fsp3) is 0.333. The minimum atomic E-state index is -1.03. The van der Waals surface area contributed by atoms with E-state index in [1.807, 2.05) is 0 Å². The molecule has 1 atom stereocenters. The summed E-state index contributed by atoms with van der Waals surface area (Å²) < 4.78 is 0.495. The van der Waals surface area contributed by atoms with Crippen LogP contribution in [0.1, 0.15) is 21.8 Å². The lowest BCUT2D eigenvalue weighted by Crippen LogP contribution is -2.22. The van der Waals surface area contributed by atoms with Crippen LogP contribution in [-0.2, 0) is 9.59 Å². The molecule has 8 heteroatoms. The van der Waals surface area contributed by atoms with Crippen LogP contribution in [0, 0.1) is 6.92 Å². The minimum Gasteiger partial charge on any atom is -0.477 e. The highest BCUT2D eigenvalue weighted by molar-refractivity contribution is 8.02. The standard InChI is InChI=1S/C9H8N2O4S2/c1-3-6(8(14)15)17-9(10-3)16-4-2-5(12)11-7(4)13/h4H,2H2,1H3,(H,14,15)(H,11,12,13). The minimum absolute atomic E-state index is 0.116. The van der Waals surface area contributed by atoms with Gasteiger partial charge in [0.2, 0.25) is 11.8 Å². The zero-order valence-electron chi connectivity index (χ0n) is 8.72. The molecule has 1 aromatic heterocycles. The molecule has 1 fully saturated rings. The van der Waals surface area contributed by atoms with E-state index in [4.69, 9.17) is 5.11 Å². The molecular formula is C9H8N2O4S2. The predicted molar refractivity (Wildman–Crippen MR) is 61.2 cm³/mol. The average molecular weight is 272 g/mol. The van der Waals surface area contributed by atoms with Crippen LogP contribution >= 0.6 is 23.1 Å². The summed E-state index contributed by atoms with van der Waals surface area (Å²) in [6.45, 7) is 1.60. The maximum Gasteiger partial charge on any atom is 0.347 e. The lowest BCUT2D eigenvalue weighted by atomic mass is 10.4. The number of hydrogen-bond acceptors (Lipinski definition) is 6. The van der Waals surface area contributed by atoms with Crippen LogP contribution in [0.3, 0.4) is 0 Å². The third-order valence-electron chi connectivity index (χ3n) is 2.14. The molecule has 1 aliphatic heterocycles. The highest BCUT2D eigenvalue weighted by Crippen LogP contribution is 2.32. The van der Waals surface area contributed by atoms with E-state index >= 15 is 0 Å². The number of thioether (sulfide) groups is 1. The fourth-order valence-corrected chi connectivity index (χ4v) is 3.63. The number of hydrogen-bond donors (Lipinski definition) is 2. The van der Waals surface area contributed by atoms with Gasteiger partial charge in [0.25, 0.3) is 0 Å². The number of aryl methyl sites for hydroxylation is 1. The van der Waals surface area contributed by atoms with Gasteiger partial charge in [-0.2, -0.15) is 0 Å². The Morgan fingerprint density at radius 3 is 2.76 bits per heavy atom. The fourth-order valence-electron chi connectivity index (χ4n) is 1.37. The number of nitrogens with zero attached hydrogens (tertiary/aromatic N) is 1. The number of nitrogens with one attached hydrogen (secondary N) is 1. The first-order chi connectivity index (χ1) is 7.97.